The maximum atomic E-state index is 5.99. The Bertz CT molecular complexity index is 1680. The molecule has 190 valence electrons. The Morgan fingerprint density at radius 1 is 0.425 bits per heavy atom. The molecule has 0 aliphatic heterocycles. The smallest absolute Gasteiger partial charge is 0.127 e. The van der Waals surface area contributed by atoms with E-state index in [0.717, 1.165) is 33.4 Å². The highest BCUT2D eigenvalue weighted by Crippen LogP contribution is 2.61. The van der Waals surface area contributed by atoms with Crippen molar-refractivity contribution in [1.29, 1.82) is 0 Å². The summed E-state index contributed by atoms with van der Waals surface area (Å²) in [4.78, 5) is 8.20. The molecule has 2 aromatic heterocycles. The Hall–Kier alpha value is -5.72. The van der Waals surface area contributed by atoms with E-state index in [0.29, 0.717) is 34.4 Å². The van der Waals surface area contributed by atoms with Crippen LogP contribution in [0.2, 0.25) is 0 Å². The third kappa shape index (κ3) is 3.20. The minimum absolute atomic E-state index is 0.335. The minimum Gasteiger partial charge on any atom is -0.384 e. The van der Waals surface area contributed by atoms with Crippen LogP contribution in [0.3, 0.4) is 0 Å². The van der Waals surface area contributed by atoms with Crippen molar-refractivity contribution in [1.82, 2.24) is 9.97 Å². The van der Waals surface area contributed by atoms with E-state index in [-0.39, 0.29) is 0 Å². The molecule has 5 aromatic rings. The number of nitrogen functional groups attached to an aromatic ring is 4. The fourth-order valence-corrected chi connectivity index (χ4v) is 6.31. The summed E-state index contributed by atoms with van der Waals surface area (Å²) in [5.74, 6) is 15.5. The van der Waals surface area contributed by atoms with E-state index in [4.69, 9.17) is 22.9 Å². The van der Waals surface area contributed by atoms with Crippen molar-refractivity contribution in [3.05, 3.63) is 142 Å². The largest absolute Gasteiger partial charge is 0.384 e. The average Bonchev–Trinajstić information content (AvgIpc) is 2.95. The lowest BCUT2D eigenvalue weighted by Gasteiger charge is -2.52. The van der Waals surface area contributed by atoms with Crippen molar-refractivity contribution in [3.8, 4) is 23.7 Å². The monoisotopic (exact) mass is 516 g/mol. The van der Waals surface area contributed by atoms with Gasteiger partial charge in [-0.25, -0.2) is 9.97 Å². The topological polar surface area (TPSA) is 130 Å². The van der Waals surface area contributed by atoms with Crippen molar-refractivity contribution < 1.29 is 0 Å². The summed E-state index contributed by atoms with van der Waals surface area (Å²) in [6.07, 6.45) is 0. The van der Waals surface area contributed by atoms with Gasteiger partial charge in [0.1, 0.15) is 34.1 Å². The molecule has 8 rings (SSSR count). The second-order valence-corrected chi connectivity index (χ2v) is 10.0. The lowest BCUT2D eigenvalue weighted by atomic mass is 9.47. The number of hydrogen-bond donors (Lipinski definition) is 4. The normalized spacial score (nSPS) is 19.2. The zero-order chi connectivity index (χ0) is 27.5. The zero-order valence-corrected chi connectivity index (χ0v) is 21.4. The van der Waals surface area contributed by atoms with Gasteiger partial charge in [-0.15, -0.1) is 0 Å². The van der Waals surface area contributed by atoms with E-state index < -0.39 is 10.8 Å². The Morgan fingerprint density at radius 2 is 0.675 bits per heavy atom. The number of nitrogens with two attached hydrogens (primary N) is 4. The summed E-state index contributed by atoms with van der Waals surface area (Å²) < 4.78 is 0. The van der Waals surface area contributed by atoms with Crippen molar-refractivity contribution in [2.45, 2.75) is 10.8 Å². The third-order valence-corrected chi connectivity index (χ3v) is 7.72. The molecule has 0 saturated heterocycles. The van der Waals surface area contributed by atoms with Crippen LogP contribution in [-0.2, 0) is 10.8 Å². The predicted molar refractivity (Wildman–Crippen MR) is 159 cm³/mol. The van der Waals surface area contributed by atoms with Crippen LogP contribution in [0, 0.1) is 23.7 Å². The standard InChI is InChI=1S/C34H24N6/c35-29-17-21(18-30(36)39-29)13-15-33-23-7-1-2-8-24(23)34(27-11-5-3-9-25(27)33,28-12-6-4-10-26(28)33)16-14-22-19-31(37)40-32(38)20-22/h1-12,17-20H,(H4,35,36,39)(H4,37,38,40). The molecular formula is C34H24N6. The highest BCUT2D eigenvalue weighted by Gasteiger charge is 2.57. The van der Waals surface area contributed by atoms with Gasteiger partial charge in [0.2, 0.25) is 0 Å². The van der Waals surface area contributed by atoms with Crippen molar-refractivity contribution in [2.24, 2.45) is 0 Å². The molecule has 3 aliphatic carbocycles. The average molecular weight is 517 g/mol. The van der Waals surface area contributed by atoms with E-state index in [1.54, 1.807) is 24.3 Å². The number of hydrogen-bond acceptors (Lipinski definition) is 6. The predicted octanol–water partition coefficient (Wildman–Crippen LogP) is 4.20. The first-order valence-electron chi connectivity index (χ1n) is 12.8. The molecule has 8 N–H and O–H groups in total. The number of pyridine rings is 2. The second kappa shape index (κ2) is 8.39. The summed E-state index contributed by atoms with van der Waals surface area (Å²) in [7, 11) is 0. The minimum atomic E-state index is -0.731. The van der Waals surface area contributed by atoms with Crippen LogP contribution in [0.25, 0.3) is 0 Å². The van der Waals surface area contributed by atoms with Crippen LogP contribution in [0.5, 0.6) is 0 Å². The van der Waals surface area contributed by atoms with Crippen LogP contribution in [0.4, 0.5) is 23.3 Å². The van der Waals surface area contributed by atoms with E-state index in [9.17, 15) is 0 Å². The van der Waals surface area contributed by atoms with Crippen LogP contribution in [0.1, 0.15) is 44.5 Å². The molecule has 2 bridgehead atoms. The van der Waals surface area contributed by atoms with Crippen LogP contribution in [-0.4, -0.2) is 9.97 Å². The van der Waals surface area contributed by atoms with Crippen LogP contribution < -0.4 is 22.9 Å². The van der Waals surface area contributed by atoms with Gasteiger partial charge in [0.05, 0.1) is 0 Å². The Morgan fingerprint density at radius 3 is 0.925 bits per heavy atom. The van der Waals surface area contributed by atoms with Crippen LogP contribution in [0.15, 0.2) is 97.1 Å². The number of anilines is 4. The molecule has 0 saturated carbocycles. The van der Waals surface area contributed by atoms with Gasteiger partial charge in [-0.3, -0.25) is 0 Å². The van der Waals surface area contributed by atoms with Crippen molar-refractivity contribution in [2.75, 3.05) is 22.9 Å². The van der Waals surface area contributed by atoms with Gasteiger partial charge in [0.15, 0.2) is 0 Å². The molecule has 0 spiro atoms. The maximum absolute atomic E-state index is 5.99. The Kier molecular flexibility index (Phi) is 4.91. The van der Waals surface area contributed by atoms with E-state index >= 15 is 0 Å². The first-order valence-corrected chi connectivity index (χ1v) is 12.8. The lowest BCUT2D eigenvalue weighted by molar-refractivity contribution is 0.605. The van der Waals surface area contributed by atoms with Gasteiger partial charge in [-0.05, 0) is 57.6 Å². The second-order valence-electron chi connectivity index (χ2n) is 10.0. The fraction of sp³-hybridized carbons (Fsp3) is 0.0588. The number of benzene rings is 3. The molecule has 2 heterocycles. The SMILES string of the molecule is Nc1cc(C#CC23c4ccccc4C(C#Cc4cc(N)nc(N)c4)(c4ccccc42)c2ccccc23)cc(N)n1. The maximum Gasteiger partial charge on any atom is 0.127 e. The highest BCUT2D eigenvalue weighted by molar-refractivity contribution is 5.82. The molecule has 0 atom stereocenters. The molecule has 6 heteroatoms. The molecule has 3 aromatic carbocycles. The zero-order valence-electron chi connectivity index (χ0n) is 21.4. The summed E-state index contributed by atoms with van der Waals surface area (Å²) >= 11 is 0. The highest BCUT2D eigenvalue weighted by atomic mass is 14.9. The lowest BCUT2D eigenvalue weighted by Crippen LogP contribution is -2.49. The van der Waals surface area contributed by atoms with Gasteiger partial charge in [-0.1, -0.05) is 96.5 Å². The fourth-order valence-electron chi connectivity index (χ4n) is 6.31. The number of aromatic nitrogens is 2. The molecule has 6 nitrogen and oxygen atoms in total. The quantitative estimate of drug-likeness (QED) is 0.228. The molecule has 40 heavy (non-hydrogen) atoms. The van der Waals surface area contributed by atoms with Gasteiger partial charge in [0, 0.05) is 11.1 Å². The summed E-state index contributed by atoms with van der Waals surface area (Å²) in [5, 5.41) is 0. The van der Waals surface area contributed by atoms with E-state index in [1.165, 1.54) is 0 Å². The summed E-state index contributed by atoms with van der Waals surface area (Å²) in [5.41, 5.74) is 30.5. The third-order valence-electron chi connectivity index (χ3n) is 7.72. The van der Waals surface area contributed by atoms with E-state index in [2.05, 4.69) is 106 Å². The summed E-state index contributed by atoms with van der Waals surface area (Å²) in [6.45, 7) is 0. The molecule has 0 unspecified atom stereocenters. The first kappa shape index (κ1) is 23.4. The molecule has 0 amide bonds. The van der Waals surface area contributed by atoms with Gasteiger partial charge < -0.3 is 22.9 Å². The van der Waals surface area contributed by atoms with E-state index in [1.807, 2.05) is 0 Å². The molecule has 0 radical (unpaired) electrons. The molecular weight excluding hydrogens is 492 g/mol. The Labute approximate surface area is 232 Å². The summed E-state index contributed by atoms with van der Waals surface area (Å²) in [6, 6.07) is 32.3. The van der Waals surface area contributed by atoms with Crippen molar-refractivity contribution >= 4 is 23.3 Å². The van der Waals surface area contributed by atoms with Crippen LogP contribution >= 0.6 is 0 Å². The number of nitrogens with zero attached hydrogens (tertiary/aromatic N) is 2. The van der Waals surface area contributed by atoms with Crippen molar-refractivity contribution in [3.63, 3.8) is 0 Å². The van der Waals surface area contributed by atoms with Gasteiger partial charge >= 0.3 is 0 Å². The molecule has 3 aliphatic rings. The number of rotatable bonds is 0. The van der Waals surface area contributed by atoms with Gasteiger partial charge in [-0.2, -0.15) is 0 Å². The van der Waals surface area contributed by atoms with Gasteiger partial charge in [0.25, 0.3) is 0 Å². The first-order chi connectivity index (χ1) is 19.4. The Balaban J connectivity index is 1.58. The molecule has 0 fully saturated rings.